The number of carbonyl (C=O) groups is 3. The van der Waals surface area contributed by atoms with Crippen LogP contribution in [0.15, 0.2) is 48.5 Å². The molecule has 0 saturated heterocycles. The van der Waals surface area contributed by atoms with Crippen LogP contribution in [0.5, 0.6) is 0 Å². The van der Waals surface area contributed by atoms with E-state index >= 15 is 0 Å². The molecule has 1 aliphatic carbocycles. The molecule has 31 heavy (non-hydrogen) atoms. The van der Waals surface area contributed by atoms with E-state index < -0.39 is 43.4 Å². The second-order valence-corrected chi connectivity index (χ2v) is 7.26. The first-order valence-corrected chi connectivity index (χ1v) is 9.63. The van der Waals surface area contributed by atoms with E-state index in [1.807, 2.05) is 53.8 Å². The van der Waals surface area contributed by atoms with Crippen molar-refractivity contribution in [2.75, 3.05) is 20.2 Å². The van der Waals surface area contributed by atoms with Gasteiger partial charge in [0.25, 0.3) is 6.43 Å². The van der Waals surface area contributed by atoms with Gasteiger partial charge in [0.05, 0.1) is 6.42 Å². The highest BCUT2D eigenvalue weighted by atomic mass is 19.3. The molecule has 0 saturated carbocycles. The molecular weight excluding hydrogens is 410 g/mol. The quantitative estimate of drug-likeness (QED) is 0.668. The summed E-state index contributed by atoms with van der Waals surface area (Å²) in [5.41, 5.74) is 4.02. The number of likely N-dealkylation sites (N-methyl/N-ethyl adjacent to an activating group) is 1. The standard InChI is InChI=1S/C22H22F2N2O5/c1-26(11-20(28)29)19(27)10-18(21(23)24)25-22(30)31-12-17-15-8-4-2-6-13(15)14-7-3-5-9-16(14)17/h2-9,17-18,21H,10-12H2,1H3,(H,25,30)(H,28,29). The van der Waals surface area contributed by atoms with Gasteiger partial charge in [0.2, 0.25) is 5.91 Å². The molecule has 0 bridgehead atoms. The van der Waals surface area contributed by atoms with Crippen LogP contribution in [-0.4, -0.2) is 60.6 Å². The van der Waals surface area contributed by atoms with Crippen molar-refractivity contribution in [1.82, 2.24) is 10.2 Å². The minimum atomic E-state index is -3.03. The van der Waals surface area contributed by atoms with Crippen LogP contribution in [0.25, 0.3) is 11.1 Å². The monoisotopic (exact) mass is 432 g/mol. The molecule has 9 heteroatoms. The first-order chi connectivity index (χ1) is 14.8. The second kappa shape index (κ2) is 9.55. The molecule has 7 nitrogen and oxygen atoms in total. The third-order valence-electron chi connectivity index (χ3n) is 5.14. The molecule has 0 aliphatic heterocycles. The normalized spacial score (nSPS) is 13.3. The number of ether oxygens (including phenoxy) is 1. The van der Waals surface area contributed by atoms with Crippen molar-refractivity contribution in [2.45, 2.75) is 24.8 Å². The fraction of sp³-hybridized carbons (Fsp3) is 0.318. The maximum atomic E-state index is 13.3. The van der Waals surface area contributed by atoms with E-state index in [0.717, 1.165) is 27.2 Å². The molecular formula is C22H22F2N2O5. The number of carboxylic acids is 1. The summed E-state index contributed by atoms with van der Waals surface area (Å²) in [7, 11) is 1.19. The Balaban J connectivity index is 1.62. The van der Waals surface area contributed by atoms with Gasteiger partial charge in [0.15, 0.2) is 0 Å². The van der Waals surface area contributed by atoms with E-state index in [-0.39, 0.29) is 12.5 Å². The summed E-state index contributed by atoms with van der Waals surface area (Å²) in [4.78, 5) is 35.6. The summed E-state index contributed by atoms with van der Waals surface area (Å²) in [5.74, 6) is -2.33. The number of carboxylic acid groups (broad SMARTS) is 1. The van der Waals surface area contributed by atoms with Crippen LogP contribution in [0.2, 0.25) is 0 Å². The van der Waals surface area contributed by atoms with Gasteiger partial charge >= 0.3 is 12.1 Å². The van der Waals surface area contributed by atoms with E-state index in [1.165, 1.54) is 7.05 Å². The molecule has 0 radical (unpaired) electrons. The molecule has 0 heterocycles. The van der Waals surface area contributed by atoms with Crippen molar-refractivity contribution in [2.24, 2.45) is 0 Å². The third-order valence-corrected chi connectivity index (χ3v) is 5.14. The van der Waals surface area contributed by atoms with Crippen molar-refractivity contribution in [1.29, 1.82) is 0 Å². The first kappa shape index (κ1) is 22.2. The van der Waals surface area contributed by atoms with Crippen LogP contribution in [0, 0.1) is 0 Å². The number of amides is 2. The molecule has 2 N–H and O–H groups in total. The number of benzene rings is 2. The Labute approximate surface area is 177 Å². The average molecular weight is 432 g/mol. The summed E-state index contributed by atoms with van der Waals surface area (Å²) >= 11 is 0. The highest BCUT2D eigenvalue weighted by Crippen LogP contribution is 2.44. The SMILES string of the molecule is CN(CC(=O)O)C(=O)CC(NC(=O)OCC1c2ccccc2-c2ccccc21)C(F)F. The van der Waals surface area contributed by atoms with Crippen LogP contribution in [-0.2, 0) is 14.3 Å². The molecule has 1 unspecified atom stereocenters. The van der Waals surface area contributed by atoms with E-state index in [4.69, 9.17) is 9.84 Å². The minimum Gasteiger partial charge on any atom is -0.480 e. The smallest absolute Gasteiger partial charge is 0.407 e. The Hall–Kier alpha value is -3.49. The van der Waals surface area contributed by atoms with Gasteiger partial charge in [-0.1, -0.05) is 48.5 Å². The van der Waals surface area contributed by atoms with Crippen LogP contribution >= 0.6 is 0 Å². The summed E-state index contributed by atoms with van der Waals surface area (Å²) in [6, 6.07) is 13.6. The summed E-state index contributed by atoms with van der Waals surface area (Å²) in [5, 5.41) is 10.7. The zero-order valence-electron chi connectivity index (χ0n) is 16.8. The molecule has 1 atom stereocenters. The predicted octanol–water partition coefficient (Wildman–Crippen LogP) is 3.09. The number of alkyl carbamates (subject to hydrolysis) is 1. The predicted molar refractivity (Wildman–Crippen MR) is 108 cm³/mol. The highest BCUT2D eigenvalue weighted by molar-refractivity contribution is 5.82. The maximum absolute atomic E-state index is 13.3. The Morgan fingerprint density at radius 1 is 1.06 bits per heavy atom. The lowest BCUT2D eigenvalue weighted by Gasteiger charge is -2.21. The lowest BCUT2D eigenvalue weighted by atomic mass is 9.98. The Morgan fingerprint density at radius 2 is 1.61 bits per heavy atom. The Kier molecular flexibility index (Phi) is 6.84. The average Bonchev–Trinajstić information content (AvgIpc) is 3.05. The van der Waals surface area contributed by atoms with Gasteiger partial charge in [-0.05, 0) is 22.3 Å². The number of nitrogens with one attached hydrogen (secondary N) is 1. The van der Waals surface area contributed by atoms with Crippen molar-refractivity contribution in [3.8, 4) is 11.1 Å². The summed E-state index contributed by atoms with van der Waals surface area (Å²) < 4.78 is 31.9. The van der Waals surface area contributed by atoms with Crippen LogP contribution in [0.4, 0.5) is 13.6 Å². The van der Waals surface area contributed by atoms with Gasteiger partial charge in [0, 0.05) is 13.0 Å². The number of fused-ring (bicyclic) bond motifs is 3. The molecule has 2 aromatic carbocycles. The molecule has 2 aromatic rings. The fourth-order valence-corrected chi connectivity index (χ4v) is 3.63. The Morgan fingerprint density at radius 3 is 2.13 bits per heavy atom. The fourth-order valence-electron chi connectivity index (χ4n) is 3.63. The van der Waals surface area contributed by atoms with Crippen LogP contribution in [0.3, 0.4) is 0 Å². The lowest BCUT2D eigenvalue weighted by molar-refractivity contribution is -0.143. The highest BCUT2D eigenvalue weighted by Gasteiger charge is 2.31. The zero-order chi connectivity index (χ0) is 22.5. The van der Waals surface area contributed by atoms with Gasteiger partial charge in [-0.2, -0.15) is 0 Å². The minimum absolute atomic E-state index is 0.0529. The van der Waals surface area contributed by atoms with Gasteiger partial charge < -0.3 is 20.1 Å². The van der Waals surface area contributed by atoms with Gasteiger partial charge in [-0.15, -0.1) is 0 Å². The van der Waals surface area contributed by atoms with Gasteiger partial charge in [-0.25, -0.2) is 13.6 Å². The number of halogens is 2. The number of hydrogen-bond donors (Lipinski definition) is 2. The molecule has 0 aromatic heterocycles. The number of rotatable bonds is 8. The number of hydrogen-bond acceptors (Lipinski definition) is 4. The number of alkyl halides is 2. The number of aliphatic carboxylic acids is 1. The molecule has 164 valence electrons. The van der Waals surface area contributed by atoms with E-state index in [1.54, 1.807) is 0 Å². The molecule has 1 aliphatic rings. The van der Waals surface area contributed by atoms with Gasteiger partial charge in [-0.3, -0.25) is 9.59 Å². The van der Waals surface area contributed by atoms with Crippen molar-refractivity contribution in [3.05, 3.63) is 59.7 Å². The Bertz CT molecular complexity index is 936. The molecule has 0 fully saturated rings. The topological polar surface area (TPSA) is 95.9 Å². The van der Waals surface area contributed by atoms with Crippen molar-refractivity contribution >= 4 is 18.0 Å². The number of nitrogens with zero attached hydrogens (tertiary/aromatic N) is 1. The van der Waals surface area contributed by atoms with Crippen LogP contribution in [0.1, 0.15) is 23.5 Å². The zero-order valence-corrected chi connectivity index (χ0v) is 16.8. The van der Waals surface area contributed by atoms with E-state index in [2.05, 4.69) is 0 Å². The second-order valence-electron chi connectivity index (χ2n) is 7.26. The summed E-state index contributed by atoms with van der Waals surface area (Å²) in [6.07, 6.45) is -4.84. The maximum Gasteiger partial charge on any atom is 0.407 e. The third kappa shape index (κ3) is 5.17. The van der Waals surface area contributed by atoms with Crippen LogP contribution < -0.4 is 5.32 Å². The number of carbonyl (C=O) groups excluding carboxylic acids is 2. The first-order valence-electron chi connectivity index (χ1n) is 9.63. The largest absolute Gasteiger partial charge is 0.480 e. The molecule has 0 spiro atoms. The lowest BCUT2D eigenvalue weighted by Crippen LogP contribution is -2.45. The van der Waals surface area contributed by atoms with Crippen molar-refractivity contribution in [3.63, 3.8) is 0 Å². The summed E-state index contributed by atoms with van der Waals surface area (Å²) in [6.45, 7) is -0.678. The molecule has 3 rings (SSSR count). The van der Waals surface area contributed by atoms with Crippen molar-refractivity contribution < 1.29 is 33.0 Å². The van der Waals surface area contributed by atoms with E-state index in [9.17, 15) is 23.2 Å². The molecule has 2 amide bonds. The van der Waals surface area contributed by atoms with E-state index in [0.29, 0.717) is 0 Å². The van der Waals surface area contributed by atoms with Gasteiger partial charge in [0.1, 0.15) is 19.2 Å².